The van der Waals surface area contributed by atoms with E-state index in [1.54, 1.807) is 0 Å². The van der Waals surface area contributed by atoms with Crippen LogP contribution in [0.2, 0.25) is 0 Å². The van der Waals surface area contributed by atoms with Crippen LogP contribution in [0.5, 0.6) is 5.75 Å². The monoisotopic (exact) mass is 463 g/mol. The highest BCUT2D eigenvalue weighted by Crippen LogP contribution is 2.39. The van der Waals surface area contributed by atoms with E-state index in [-0.39, 0.29) is 0 Å². The minimum atomic E-state index is -1.21. The van der Waals surface area contributed by atoms with Crippen molar-refractivity contribution in [3.8, 4) is 5.75 Å². The lowest BCUT2D eigenvalue weighted by molar-refractivity contribution is -0.404. The van der Waals surface area contributed by atoms with Crippen LogP contribution in [0.25, 0.3) is 21.5 Å². The Hall–Kier alpha value is -4.60. The van der Waals surface area contributed by atoms with Crippen molar-refractivity contribution in [2.24, 2.45) is 0 Å². The molecule has 0 aromatic heterocycles. The van der Waals surface area contributed by atoms with Gasteiger partial charge in [-0.1, -0.05) is 55.0 Å². The molecular weight excluding hydrogens is 442 g/mol. The summed E-state index contributed by atoms with van der Waals surface area (Å²) >= 11 is 0. The number of phenolic OH excluding ortho intramolecular Hbond substituents is 1. The third-order valence-corrected chi connectivity index (χ3v) is 5.53. The number of aryl methyl sites for hydroxylation is 3. The molecule has 0 aliphatic rings. The zero-order valence-electron chi connectivity index (χ0n) is 18.6. The Labute approximate surface area is 193 Å². The highest BCUT2D eigenvalue weighted by atomic mass is 16.6. The van der Waals surface area contributed by atoms with E-state index in [1.807, 2.05) is 0 Å². The first-order valence-corrected chi connectivity index (χ1v) is 10.3. The number of rotatable bonds is 4. The number of aromatic hydroxyl groups is 1. The van der Waals surface area contributed by atoms with Crippen LogP contribution in [-0.4, -0.2) is 19.9 Å². The summed E-state index contributed by atoms with van der Waals surface area (Å²) in [5.74, 6) is -1.21. The maximum atomic E-state index is 10.4. The standard InChI is InChI=1S/C18H18.C6H3N3O7/c1-4-15-13(3)6-9-17-16(15)10-8-14-7-5-12(2)11-18(14)17;10-6-4(8(13)14)1-3(7(11)12)2-5(6)9(15)16/h5-11H,4H2,1-3H3;1-2,10H. The summed E-state index contributed by atoms with van der Waals surface area (Å²) in [6, 6.07) is 16.6. The van der Waals surface area contributed by atoms with Crippen LogP contribution in [0.1, 0.15) is 23.6 Å². The van der Waals surface area contributed by atoms with E-state index >= 15 is 0 Å². The molecule has 4 aromatic rings. The van der Waals surface area contributed by atoms with Crippen molar-refractivity contribution in [2.75, 3.05) is 0 Å². The van der Waals surface area contributed by atoms with E-state index < -0.39 is 37.6 Å². The molecule has 0 aliphatic heterocycles. The molecule has 0 saturated carbocycles. The number of benzene rings is 4. The van der Waals surface area contributed by atoms with Gasteiger partial charge < -0.3 is 5.11 Å². The van der Waals surface area contributed by atoms with Crippen molar-refractivity contribution in [3.05, 3.63) is 102 Å². The molecule has 0 spiro atoms. The van der Waals surface area contributed by atoms with Gasteiger partial charge in [0.15, 0.2) is 0 Å². The number of nitro groups is 3. The summed E-state index contributed by atoms with van der Waals surface area (Å²) in [5.41, 5.74) is 1.21. The minimum Gasteiger partial charge on any atom is -0.497 e. The molecule has 0 saturated heterocycles. The van der Waals surface area contributed by atoms with Gasteiger partial charge in [-0.2, -0.15) is 0 Å². The second kappa shape index (κ2) is 9.49. The van der Waals surface area contributed by atoms with Gasteiger partial charge in [0.2, 0.25) is 0 Å². The summed E-state index contributed by atoms with van der Waals surface area (Å²) in [6.07, 6.45) is 1.10. The number of fused-ring (bicyclic) bond motifs is 3. The van der Waals surface area contributed by atoms with E-state index in [0.717, 1.165) is 6.42 Å². The second-order valence-electron chi connectivity index (χ2n) is 7.70. The molecule has 10 heteroatoms. The quantitative estimate of drug-likeness (QED) is 0.212. The Balaban J connectivity index is 0.000000192. The number of nitrogens with zero attached hydrogens (tertiary/aromatic N) is 3. The average molecular weight is 463 g/mol. The molecule has 0 amide bonds. The lowest BCUT2D eigenvalue weighted by atomic mass is 9.93. The van der Waals surface area contributed by atoms with Gasteiger partial charge in [-0.3, -0.25) is 30.3 Å². The summed E-state index contributed by atoms with van der Waals surface area (Å²) in [7, 11) is 0. The van der Waals surface area contributed by atoms with Crippen molar-refractivity contribution < 1.29 is 19.9 Å². The lowest BCUT2D eigenvalue weighted by Gasteiger charge is -2.11. The van der Waals surface area contributed by atoms with E-state index in [9.17, 15) is 30.3 Å². The highest BCUT2D eigenvalue weighted by molar-refractivity contribution is 6.08. The number of phenols is 1. The first-order chi connectivity index (χ1) is 16.0. The molecule has 0 radical (unpaired) electrons. The van der Waals surface area contributed by atoms with Gasteiger partial charge in [0, 0.05) is 0 Å². The minimum absolute atomic E-state index is 0.447. The van der Waals surface area contributed by atoms with Crippen molar-refractivity contribution in [3.63, 3.8) is 0 Å². The fraction of sp³-hybridized carbons (Fsp3) is 0.167. The molecule has 0 unspecified atom stereocenters. The van der Waals surface area contributed by atoms with Crippen molar-refractivity contribution in [2.45, 2.75) is 27.2 Å². The molecular formula is C24H21N3O7. The Morgan fingerprint density at radius 1 is 0.735 bits per heavy atom. The topological polar surface area (TPSA) is 150 Å². The smallest absolute Gasteiger partial charge is 0.324 e. The lowest BCUT2D eigenvalue weighted by Crippen LogP contribution is -1.97. The van der Waals surface area contributed by atoms with Crippen LogP contribution in [0.3, 0.4) is 0 Å². The molecule has 1 N–H and O–H groups in total. The molecule has 4 aromatic carbocycles. The Bertz CT molecular complexity index is 1430. The molecule has 0 heterocycles. The second-order valence-corrected chi connectivity index (χ2v) is 7.70. The van der Waals surface area contributed by atoms with Crippen molar-refractivity contribution in [1.82, 2.24) is 0 Å². The van der Waals surface area contributed by atoms with E-state index in [0.29, 0.717) is 12.1 Å². The van der Waals surface area contributed by atoms with Crippen LogP contribution in [-0.2, 0) is 6.42 Å². The van der Waals surface area contributed by atoms with E-state index in [4.69, 9.17) is 5.11 Å². The fourth-order valence-corrected chi connectivity index (χ4v) is 3.86. The molecule has 34 heavy (non-hydrogen) atoms. The summed E-state index contributed by atoms with van der Waals surface area (Å²) < 4.78 is 0. The molecule has 4 rings (SSSR count). The Morgan fingerprint density at radius 3 is 1.82 bits per heavy atom. The Morgan fingerprint density at radius 2 is 1.29 bits per heavy atom. The zero-order valence-corrected chi connectivity index (χ0v) is 18.6. The highest BCUT2D eigenvalue weighted by Gasteiger charge is 2.30. The van der Waals surface area contributed by atoms with Crippen LogP contribution in [0, 0.1) is 44.2 Å². The average Bonchev–Trinajstić information content (AvgIpc) is 2.78. The van der Waals surface area contributed by atoms with Gasteiger partial charge in [-0.15, -0.1) is 0 Å². The Kier molecular flexibility index (Phi) is 6.71. The van der Waals surface area contributed by atoms with E-state index in [2.05, 4.69) is 63.2 Å². The largest absolute Gasteiger partial charge is 0.497 e. The first kappa shape index (κ1) is 24.1. The van der Waals surface area contributed by atoms with E-state index in [1.165, 1.54) is 38.2 Å². The predicted octanol–water partition coefficient (Wildman–Crippen LogP) is 6.29. The molecule has 0 fully saturated rings. The molecule has 0 aliphatic carbocycles. The van der Waals surface area contributed by atoms with Gasteiger partial charge in [0.1, 0.15) is 0 Å². The maximum absolute atomic E-state index is 10.4. The van der Waals surface area contributed by atoms with Gasteiger partial charge in [-0.05, 0) is 52.9 Å². The molecule has 0 bridgehead atoms. The molecule has 10 nitrogen and oxygen atoms in total. The van der Waals surface area contributed by atoms with Crippen LogP contribution >= 0.6 is 0 Å². The predicted molar refractivity (Wildman–Crippen MR) is 128 cm³/mol. The number of non-ortho nitro benzene ring substituents is 1. The van der Waals surface area contributed by atoms with Crippen molar-refractivity contribution >= 4 is 38.6 Å². The molecule has 174 valence electrons. The van der Waals surface area contributed by atoms with Gasteiger partial charge in [0.05, 0.1) is 26.9 Å². The third kappa shape index (κ3) is 4.60. The van der Waals surface area contributed by atoms with Crippen LogP contribution in [0.4, 0.5) is 17.1 Å². The summed E-state index contributed by atoms with van der Waals surface area (Å²) in [4.78, 5) is 27.8. The first-order valence-electron chi connectivity index (χ1n) is 10.3. The normalized spacial score (nSPS) is 10.6. The fourth-order valence-electron chi connectivity index (χ4n) is 3.86. The summed E-state index contributed by atoms with van der Waals surface area (Å²) in [6.45, 7) is 6.61. The zero-order chi connectivity index (χ0) is 25.2. The van der Waals surface area contributed by atoms with Gasteiger partial charge in [0.25, 0.3) is 11.4 Å². The van der Waals surface area contributed by atoms with Gasteiger partial charge >= 0.3 is 11.4 Å². The van der Waals surface area contributed by atoms with Crippen molar-refractivity contribution in [1.29, 1.82) is 0 Å². The third-order valence-electron chi connectivity index (χ3n) is 5.53. The molecule has 0 atom stereocenters. The van der Waals surface area contributed by atoms with Crippen LogP contribution < -0.4 is 0 Å². The summed E-state index contributed by atoms with van der Waals surface area (Å²) in [5, 5.41) is 45.7. The maximum Gasteiger partial charge on any atom is 0.324 e. The number of nitro benzene ring substituents is 3. The van der Waals surface area contributed by atoms with Gasteiger partial charge in [-0.25, -0.2) is 0 Å². The number of hydrogen-bond acceptors (Lipinski definition) is 7. The van der Waals surface area contributed by atoms with Crippen LogP contribution in [0.15, 0.2) is 54.6 Å². The SMILES string of the molecule is CCc1c(C)ccc2c1ccc1ccc(C)cc12.O=[N+]([O-])c1cc([N+](=O)[O-])c(O)c([N+](=O)[O-])c1. The number of hydrogen-bond donors (Lipinski definition) is 1.